The van der Waals surface area contributed by atoms with Gasteiger partial charge in [0.15, 0.2) is 17.5 Å². The predicted octanol–water partition coefficient (Wildman–Crippen LogP) is 7.63. The van der Waals surface area contributed by atoms with E-state index in [2.05, 4.69) is 47.5 Å². The quantitative estimate of drug-likeness (QED) is 0.269. The number of aliphatic imine (C=N–C) groups is 2. The van der Waals surface area contributed by atoms with Crippen LogP contribution in [-0.2, 0) is 0 Å². The second kappa shape index (κ2) is 9.01. The fourth-order valence-corrected chi connectivity index (χ4v) is 5.29. The third-order valence-corrected chi connectivity index (χ3v) is 7.11. The molecule has 2 aliphatic heterocycles. The molecule has 0 saturated carbocycles. The number of amidine groups is 2. The molecule has 7 heteroatoms. The minimum atomic E-state index is -0.144. The van der Waals surface area contributed by atoms with Crippen LogP contribution in [0.3, 0.4) is 0 Å². The zero-order valence-corrected chi connectivity index (χ0v) is 21.3. The summed E-state index contributed by atoms with van der Waals surface area (Å²) in [6, 6.07) is 36.3. The highest BCUT2D eigenvalue weighted by Gasteiger charge is 2.41. The average molecular weight is 515 g/mol. The number of anilines is 2. The molecule has 4 aromatic carbocycles. The molecule has 184 valence electrons. The third kappa shape index (κ3) is 3.69. The second-order valence-electron chi connectivity index (χ2n) is 9.27. The SMILES string of the molecule is Cc1nn(-c2ccccc2)c2c1[C@@H](c1ccccc1)N1C(=N2)C(Nc2ccc(Cl)cc2)=Nc2ccccc21. The number of nitrogens with zero attached hydrogens (tertiary/aromatic N) is 5. The van der Waals surface area contributed by atoms with E-state index in [1.807, 2.05) is 83.5 Å². The maximum atomic E-state index is 6.15. The van der Waals surface area contributed by atoms with Crippen LogP contribution in [0.5, 0.6) is 0 Å². The fraction of sp³-hybridized carbons (Fsp3) is 0.0645. The van der Waals surface area contributed by atoms with E-state index in [0.717, 1.165) is 51.2 Å². The van der Waals surface area contributed by atoms with Crippen LogP contribution < -0.4 is 10.2 Å². The summed E-state index contributed by atoms with van der Waals surface area (Å²) in [5, 5.41) is 9.16. The summed E-state index contributed by atoms with van der Waals surface area (Å²) < 4.78 is 1.94. The maximum Gasteiger partial charge on any atom is 0.179 e. The number of aromatic nitrogens is 2. The van der Waals surface area contributed by atoms with Gasteiger partial charge in [0.1, 0.15) is 0 Å². The standard InChI is InChI=1S/C31H23ClN6/c1-20-27-28(21-10-4-2-5-11-21)37-26-15-9-8-14-25(26)34-29(33-23-18-16-22(32)17-19-23)31(37)35-30(27)38(36-20)24-12-6-3-7-13-24/h2-19,28H,1H3,(H,33,34)/t28-/m1/s1. The summed E-state index contributed by atoms with van der Waals surface area (Å²) in [7, 11) is 0. The van der Waals surface area contributed by atoms with Gasteiger partial charge in [0, 0.05) is 16.3 Å². The minimum Gasteiger partial charge on any atom is -0.337 e. The lowest BCUT2D eigenvalue weighted by atomic mass is 9.93. The maximum absolute atomic E-state index is 6.15. The Morgan fingerprint density at radius 1 is 0.763 bits per heavy atom. The van der Waals surface area contributed by atoms with Crippen molar-refractivity contribution in [2.75, 3.05) is 10.2 Å². The Morgan fingerprint density at radius 3 is 2.21 bits per heavy atom. The molecule has 0 amide bonds. The van der Waals surface area contributed by atoms with Crippen molar-refractivity contribution < 1.29 is 0 Å². The van der Waals surface area contributed by atoms with Gasteiger partial charge in [0.2, 0.25) is 0 Å². The normalized spacial score (nSPS) is 15.6. The number of hydrogen-bond donors (Lipinski definition) is 1. The second-order valence-corrected chi connectivity index (χ2v) is 9.71. The van der Waals surface area contributed by atoms with Crippen molar-refractivity contribution in [1.29, 1.82) is 0 Å². The Balaban J connectivity index is 1.49. The molecule has 5 aromatic rings. The molecular formula is C31H23ClN6. The van der Waals surface area contributed by atoms with Gasteiger partial charge in [-0.1, -0.05) is 72.3 Å². The molecule has 0 aliphatic carbocycles. The first-order valence-corrected chi connectivity index (χ1v) is 12.8. The van der Waals surface area contributed by atoms with E-state index < -0.39 is 0 Å². The number of nitrogens with one attached hydrogen (secondary N) is 1. The molecule has 7 rings (SSSR count). The van der Waals surface area contributed by atoms with Crippen LogP contribution in [0.4, 0.5) is 22.9 Å². The molecule has 6 nitrogen and oxygen atoms in total. The van der Waals surface area contributed by atoms with Crippen molar-refractivity contribution in [2.24, 2.45) is 9.98 Å². The number of benzene rings is 4. The number of halogens is 1. The molecule has 0 unspecified atom stereocenters. The Labute approximate surface area is 225 Å². The molecule has 1 atom stereocenters. The van der Waals surface area contributed by atoms with Crippen LogP contribution in [0.1, 0.15) is 22.9 Å². The van der Waals surface area contributed by atoms with Crippen LogP contribution in [-0.4, -0.2) is 21.5 Å². The first kappa shape index (κ1) is 22.5. The fourth-order valence-electron chi connectivity index (χ4n) is 5.17. The summed E-state index contributed by atoms with van der Waals surface area (Å²) >= 11 is 6.15. The van der Waals surface area contributed by atoms with Crippen molar-refractivity contribution in [3.8, 4) is 5.69 Å². The Morgan fingerprint density at radius 2 is 1.45 bits per heavy atom. The third-order valence-electron chi connectivity index (χ3n) is 6.86. The van der Waals surface area contributed by atoms with Crippen molar-refractivity contribution in [3.63, 3.8) is 0 Å². The number of rotatable bonds is 3. The molecule has 1 N–H and O–H groups in total. The summed E-state index contributed by atoms with van der Waals surface area (Å²) in [4.78, 5) is 12.6. The highest BCUT2D eigenvalue weighted by molar-refractivity contribution is 6.51. The lowest BCUT2D eigenvalue weighted by Crippen LogP contribution is -2.46. The zero-order valence-electron chi connectivity index (χ0n) is 20.6. The first-order chi connectivity index (χ1) is 18.7. The Bertz CT molecular complexity index is 1710. The van der Waals surface area contributed by atoms with Crippen molar-refractivity contribution >= 4 is 46.2 Å². The van der Waals surface area contributed by atoms with Gasteiger partial charge in [0.25, 0.3) is 0 Å². The predicted molar refractivity (Wildman–Crippen MR) is 155 cm³/mol. The van der Waals surface area contributed by atoms with Gasteiger partial charge in [-0.05, 0) is 61.0 Å². The van der Waals surface area contributed by atoms with Gasteiger partial charge in [-0.25, -0.2) is 14.7 Å². The van der Waals surface area contributed by atoms with Gasteiger partial charge >= 0.3 is 0 Å². The molecule has 0 radical (unpaired) electrons. The van der Waals surface area contributed by atoms with E-state index in [-0.39, 0.29) is 6.04 Å². The topological polar surface area (TPSA) is 57.8 Å². The van der Waals surface area contributed by atoms with E-state index in [9.17, 15) is 0 Å². The van der Waals surface area contributed by atoms with Crippen LogP contribution in [0.2, 0.25) is 5.02 Å². The van der Waals surface area contributed by atoms with Gasteiger partial charge in [-0.15, -0.1) is 0 Å². The highest BCUT2D eigenvalue weighted by atomic mass is 35.5. The lowest BCUT2D eigenvalue weighted by molar-refractivity contribution is 0.815. The highest BCUT2D eigenvalue weighted by Crippen LogP contribution is 2.48. The van der Waals surface area contributed by atoms with E-state index in [0.29, 0.717) is 10.9 Å². The molecule has 2 aliphatic rings. The summed E-state index contributed by atoms with van der Waals surface area (Å²) in [6.45, 7) is 2.06. The lowest BCUT2D eigenvalue weighted by Gasteiger charge is -2.40. The summed E-state index contributed by atoms with van der Waals surface area (Å²) in [6.07, 6.45) is 0. The van der Waals surface area contributed by atoms with Crippen LogP contribution in [0.15, 0.2) is 119 Å². The monoisotopic (exact) mass is 514 g/mol. The van der Waals surface area contributed by atoms with E-state index in [1.54, 1.807) is 0 Å². The van der Waals surface area contributed by atoms with Gasteiger partial charge in [0.05, 0.1) is 28.8 Å². The van der Waals surface area contributed by atoms with E-state index in [1.165, 1.54) is 0 Å². The Kier molecular flexibility index (Phi) is 5.34. The largest absolute Gasteiger partial charge is 0.337 e. The van der Waals surface area contributed by atoms with E-state index in [4.69, 9.17) is 26.7 Å². The molecule has 0 saturated heterocycles. The molecular weight excluding hydrogens is 492 g/mol. The van der Waals surface area contributed by atoms with Crippen molar-refractivity contribution in [3.05, 3.63) is 131 Å². The molecule has 3 heterocycles. The first-order valence-electron chi connectivity index (χ1n) is 12.5. The number of para-hydroxylation sites is 3. The molecule has 38 heavy (non-hydrogen) atoms. The molecule has 1 aromatic heterocycles. The van der Waals surface area contributed by atoms with Crippen LogP contribution in [0, 0.1) is 6.92 Å². The number of fused-ring (bicyclic) bond motifs is 4. The van der Waals surface area contributed by atoms with Crippen molar-refractivity contribution in [2.45, 2.75) is 13.0 Å². The van der Waals surface area contributed by atoms with Gasteiger partial charge < -0.3 is 10.2 Å². The molecule has 0 spiro atoms. The Hall–Kier alpha value is -4.68. The van der Waals surface area contributed by atoms with Gasteiger partial charge in [-0.3, -0.25) is 0 Å². The summed E-state index contributed by atoms with van der Waals surface area (Å²) in [5.74, 6) is 2.20. The number of hydrogen-bond acceptors (Lipinski definition) is 5. The summed E-state index contributed by atoms with van der Waals surface area (Å²) in [5.41, 5.74) is 6.88. The van der Waals surface area contributed by atoms with Crippen molar-refractivity contribution in [1.82, 2.24) is 9.78 Å². The average Bonchev–Trinajstić information content (AvgIpc) is 3.30. The van der Waals surface area contributed by atoms with Crippen LogP contribution >= 0.6 is 11.6 Å². The molecule has 0 bridgehead atoms. The zero-order chi connectivity index (χ0) is 25.6. The smallest absolute Gasteiger partial charge is 0.179 e. The minimum absolute atomic E-state index is 0.144. The van der Waals surface area contributed by atoms with Crippen LogP contribution in [0.25, 0.3) is 5.69 Å². The van der Waals surface area contributed by atoms with Gasteiger partial charge in [-0.2, -0.15) is 5.10 Å². The molecule has 0 fully saturated rings. The number of aryl methyl sites for hydroxylation is 1. The van der Waals surface area contributed by atoms with E-state index >= 15 is 0 Å².